The molecule has 0 unspecified atom stereocenters. The summed E-state index contributed by atoms with van der Waals surface area (Å²) in [7, 11) is 0. The highest BCUT2D eigenvalue weighted by atomic mass is 32.2. The van der Waals surface area contributed by atoms with Crippen molar-refractivity contribution >= 4 is 23.5 Å². The summed E-state index contributed by atoms with van der Waals surface area (Å²) in [5.41, 5.74) is 6.22. The van der Waals surface area contributed by atoms with Crippen molar-refractivity contribution in [2.45, 2.75) is 32.9 Å². The summed E-state index contributed by atoms with van der Waals surface area (Å²) in [5, 5.41) is 21.1. The predicted octanol–water partition coefficient (Wildman–Crippen LogP) is 5.36. The highest BCUT2D eigenvalue weighted by molar-refractivity contribution is 7.99. The Labute approximate surface area is 196 Å². The summed E-state index contributed by atoms with van der Waals surface area (Å²) in [4.78, 5) is 12.8. The van der Waals surface area contributed by atoms with Crippen molar-refractivity contribution in [2.24, 2.45) is 0 Å². The fourth-order valence-corrected chi connectivity index (χ4v) is 4.08. The van der Waals surface area contributed by atoms with Crippen LogP contribution < -0.4 is 5.32 Å². The van der Waals surface area contributed by atoms with E-state index in [1.165, 1.54) is 5.56 Å². The molecule has 8 heteroatoms. The zero-order valence-electron chi connectivity index (χ0n) is 18.8. The second kappa shape index (κ2) is 9.35. The fourth-order valence-electron chi connectivity index (χ4n) is 3.52. The Balaban J connectivity index is 1.50. The van der Waals surface area contributed by atoms with Crippen LogP contribution in [0.4, 0.5) is 5.82 Å². The second-order valence-electron chi connectivity index (χ2n) is 7.73. The van der Waals surface area contributed by atoms with Crippen LogP contribution in [0.5, 0.6) is 0 Å². The normalized spacial score (nSPS) is 10.8. The molecule has 1 amide bonds. The minimum atomic E-state index is -0.267. The third-order valence-electron chi connectivity index (χ3n) is 5.58. The monoisotopic (exact) mass is 457 g/mol. The molecule has 0 saturated carbocycles. The van der Waals surface area contributed by atoms with Crippen LogP contribution in [0.1, 0.15) is 27.9 Å². The van der Waals surface area contributed by atoms with Crippen LogP contribution >= 0.6 is 11.8 Å². The maximum atomic E-state index is 12.8. The molecule has 2 aromatic carbocycles. The SMILES string of the molecule is Cc1ccc(-c2nnc(SCC(=O)Nc3c(C#N)c(C)c(C)n3-c3ccccc3)o2)cc1C. The molecule has 0 fully saturated rings. The molecule has 0 radical (unpaired) electrons. The van der Waals surface area contributed by atoms with Gasteiger partial charge in [0.1, 0.15) is 11.9 Å². The highest BCUT2D eigenvalue weighted by Crippen LogP contribution is 2.30. The highest BCUT2D eigenvalue weighted by Gasteiger charge is 2.21. The van der Waals surface area contributed by atoms with Crippen molar-refractivity contribution in [3.63, 3.8) is 0 Å². The van der Waals surface area contributed by atoms with E-state index in [1.54, 1.807) is 0 Å². The number of thioether (sulfide) groups is 1. The third kappa shape index (κ3) is 4.54. The average molecular weight is 458 g/mol. The molecular formula is C25H23N5O2S. The molecule has 7 nitrogen and oxygen atoms in total. The summed E-state index contributed by atoms with van der Waals surface area (Å²) in [6.45, 7) is 7.88. The topological polar surface area (TPSA) is 96.7 Å². The van der Waals surface area contributed by atoms with Gasteiger partial charge in [0.2, 0.25) is 11.8 Å². The van der Waals surface area contributed by atoms with Crippen LogP contribution in [-0.4, -0.2) is 26.4 Å². The maximum Gasteiger partial charge on any atom is 0.277 e. The van der Waals surface area contributed by atoms with Gasteiger partial charge in [-0.25, -0.2) is 0 Å². The largest absolute Gasteiger partial charge is 0.411 e. The van der Waals surface area contributed by atoms with Gasteiger partial charge in [-0.15, -0.1) is 10.2 Å². The van der Waals surface area contributed by atoms with Crippen LogP contribution in [0.25, 0.3) is 17.1 Å². The number of hydrogen-bond acceptors (Lipinski definition) is 6. The molecule has 4 aromatic rings. The lowest BCUT2D eigenvalue weighted by molar-refractivity contribution is -0.113. The first-order chi connectivity index (χ1) is 15.9. The second-order valence-corrected chi connectivity index (χ2v) is 8.65. The smallest absolute Gasteiger partial charge is 0.277 e. The zero-order chi connectivity index (χ0) is 23.5. The number of aryl methyl sites for hydroxylation is 2. The molecule has 0 spiro atoms. The number of para-hydroxylation sites is 1. The zero-order valence-corrected chi connectivity index (χ0v) is 19.7. The number of aromatic nitrogens is 3. The number of carbonyl (C=O) groups is 1. The molecule has 166 valence electrons. The van der Waals surface area contributed by atoms with Gasteiger partial charge in [0, 0.05) is 16.9 Å². The Morgan fingerprint density at radius 3 is 2.55 bits per heavy atom. The molecule has 0 bridgehead atoms. The first-order valence-corrected chi connectivity index (χ1v) is 11.4. The first kappa shape index (κ1) is 22.4. The van der Waals surface area contributed by atoms with Crippen LogP contribution in [-0.2, 0) is 4.79 Å². The molecule has 1 N–H and O–H groups in total. The van der Waals surface area contributed by atoms with Crippen LogP contribution in [0.15, 0.2) is 58.2 Å². The maximum absolute atomic E-state index is 12.8. The summed E-state index contributed by atoms with van der Waals surface area (Å²) >= 11 is 1.15. The lowest BCUT2D eigenvalue weighted by Crippen LogP contribution is -2.17. The van der Waals surface area contributed by atoms with E-state index in [0.717, 1.165) is 39.8 Å². The number of nitriles is 1. The van der Waals surface area contributed by atoms with Crippen LogP contribution in [0.3, 0.4) is 0 Å². The number of carbonyl (C=O) groups excluding carboxylic acids is 1. The minimum Gasteiger partial charge on any atom is -0.411 e. The van der Waals surface area contributed by atoms with Crippen molar-refractivity contribution < 1.29 is 9.21 Å². The van der Waals surface area contributed by atoms with Gasteiger partial charge >= 0.3 is 0 Å². The molecule has 2 heterocycles. The number of nitrogens with one attached hydrogen (secondary N) is 1. The molecule has 0 aliphatic carbocycles. The number of amides is 1. The van der Waals surface area contributed by atoms with Gasteiger partial charge in [-0.05, 0) is 68.7 Å². The van der Waals surface area contributed by atoms with E-state index in [-0.39, 0.29) is 11.7 Å². The molecule has 2 aromatic heterocycles. The summed E-state index contributed by atoms with van der Waals surface area (Å²) < 4.78 is 7.62. The van der Waals surface area contributed by atoms with E-state index >= 15 is 0 Å². The molecular weight excluding hydrogens is 434 g/mol. The van der Waals surface area contributed by atoms with Gasteiger partial charge in [-0.3, -0.25) is 9.36 Å². The van der Waals surface area contributed by atoms with Crippen molar-refractivity contribution in [1.82, 2.24) is 14.8 Å². The Morgan fingerprint density at radius 1 is 1.09 bits per heavy atom. The number of nitrogens with zero attached hydrogens (tertiary/aromatic N) is 4. The number of rotatable bonds is 6. The van der Waals surface area contributed by atoms with Gasteiger partial charge in [0.15, 0.2) is 0 Å². The number of anilines is 1. The first-order valence-electron chi connectivity index (χ1n) is 10.4. The number of benzene rings is 2. The number of hydrogen-bond donors (Lipinski definition) is 1. The molecule has 0 aliphatic heterocycles. The van der Waals surface area contributed by atoms with Crippen LogP contribution in [0, 0.1) is 39.0 Å². The Bertz CT molecular complexity index is 1370. The third-order valence-corrected chi connectivity index (χ3v) is 6.40. The molecule has 4 rings (SSSR count). The summed E-state index contributed by atoms with van der Waals surface area (Å²) in [6.07, 6.45) is 0. The van der Waals surface area contributed by atoms with Crippen molar-refractivity contribution in [3.8, 4) is 23.2 Å². The van der Waals surface area contributed by atoms with E-state index < -0.39 is 0 Å². The van der Waals surface area contributed by atoms with E-state index in [4.69, 9.17) is 4.42 Å². The fraction of sp³-hybridized carbons (Fsp3) is 0.200. The summed E-state index contributed by atoms with van der Waals surface area (Å²) in [5.74, 6) is 0.678. The molecule has 0 atom stereocenters. The minimum absolute atomic E-state index is 0.0670. The van der Waals surface area contributed by atoms with Gasteiger partial charge in [0.25, 0.3) is 5.22 Å². The Morgan fingerprint density at radius 2 is 1.85 bits per heavy atom. The van der Waals surface area contributed by atoms with E-state index in [9.17, 15) is 10.1 Å². The predicted molar refractivity (Wildman–Crippen MR) is 129 cm³/mol. The van der Waals surface area contributed by atoms with Gasteiger partial charge in [0.05, 0.1) is 11.3 Å². The standard InChI is InChI=1S/C25H23N5O2S/c1-15-10-11-19(12-16(15)2)24-28-29-25(32-24)33-14-22(31)27-23-21(13-26)17(3)18(4)30(23)20-8-6-5-7-9-20/h5-12H,14H2,1-4H3,(H,27,31). The van der Waals surface area contributed by atoms with Crippen molar-refractivity contribution in [3.05, 3.63) is 76.5 Å². The Hall–Kier alpha value is -3.83. The molecule has 0 saturated heterocycles. The quantitative estimate of drug-likeness (QED) is 0.391. The van der Waals surface area contributed by atoms with E-state index in [1.807, 2.05) is 80.8 Å². The van der Waals surface area contributed by atoms with Gasteiger partial charge in [-0.1, -0.05) is 36.0 Å². The molecule has 33 heavy (non-hydrogen) atoms. The van der Waals surface area contributed by atoms with Crippen molar-refractivity contribution in [2.75, 3.05) is 11.1 Å². The summed E-state index contributed by atoms with van der Waals surface area (Å²) in [6, 6.07) is 17.8. The van der Waals surface area contributed by atoms with Crippen LogP contribution in [0.2, 0.25) is 0 Å². The van der Waals surface area contributed by atoms with Gasteiger partial charge < -0.3 is 9.73 Å². The Kier molecular flexibility index (Phi) is 6.33. The van der Waals surface area contributed by atoms with E-state index in [0.29, 0.717) is 22.5 Å². The lowest BCUT2D eigenvalue weighted by atomic mass is 10.1. The lowest BCUT2D eigenvalue weighted by Gasteiger charge is -2.12. The van der Waals surface area contributed by atoms with Crippen molar-refractivity contribution in [1.29, 1.82) is 5.26 Å². The molecule has 0 aliphatic rings. The van der Waals surface area contributed by atoms with Gasteiger partial charge in [-0.2, -0.15) is 5.26 Å². The average Bonchev–Trinajstić information content (AvgIpc) is 3.38. The van der Waals surface area contributed by atoms with E-state index in [2.05, 4.69) is 21.6 Å².